The van der Waals surface area contributed by atoms with Crippen molar-refractivity contribution in [3.05, 3.63) is 11.6 Å². The van der Waals surface area contributed by atoms with Gasteiger partial charge in [-0.05, 0) is 103 Å². The Morgan fingerprint density at radius 1 is 0.935 bits per heavy atom. The first-order chi connectivity index (χ1) is 14.6. The summed E-state index contributed by atoms with van der Waals surface area (Å²) in [6.07, 6.45) is 17.2. The third-order valence-electron chi connectivity index (χ3n) is 11.8. The molecule has 0 bridgehead atoms. The summed E-state index contributed by atoms with van der Waals surface area (Å²) in [5.41, 5.74) is 2.90. The molecule has 0 amide bonds. The Kier molecular flexibility index (Phi) is 6.53. The highest BCUT2D eigenvalue weighted by Gasteiger charge is 2.61. The van der Waals surface area contributed by atoms with Gasteiger partial charge in [-0.3, -0.25) is 0 Å². The zero-order chi connectivity index (χ0) is 22.6. The third-order valence-corrected chi connectivity index (χ3v) is 11.8. The molecule has 3 fully saturated rings. The topological polar surface area (TPSA) is 20.2 Å². The maximum atomic E-state index is 10.9. The lowest BCUT2D eigenvalue weighted by Crippen LogP contribution is -2.57. The van der Waals surface area contributed by atoms with Gasteiger partial charge in [0.05, 0.1) is 6.10 Å². The van der Waals surface area contributed by atoms with Crippen LogP contribution in [-0.4, -0.2) is 11.2 Å². The van der Waals surface area contributed by atoms with E-state index in [0.717, 1.165) is 42.4 Å². The molecule has 0 spiro atoms. The van der Waals surface area contributed by atoms with Crippen molar-refractivity contribution < 1.29 is 5.11 Å². The fraction of sp³-hybridized carbons (Fsp3) is 0.933. The molecule has 1 N–H and O–H groups in total. The van der Waals surface area contributed by atoms with Gasteiger partial charge in [0.15, 0.2) is 0 Å². The van der Waals surface area contributed by atoms with Gasteiger partial charge in [-0.25, -0.2) is 0 Å². The minimum Gasteiger partial charge on any atom is -0.393 e. The van der Waals surface area contributed by atoms with Crippen LogP contribution in [0, 0.1) is 51.8 Å². The number of fused-ring (bicyclic) bond motifs is 5. The average molecular weight is 429 g/mol. The smallest absolute Gasteiger partial charge is 0.0596 e. The van der Waals surface area contributed by atoms with Gasteiger partial charge in [0.25, 0.3) is 0 Å². The largest absolute Gasteiger partial charge is 0.393 e. The average Bonchev–Trinajstić information content (AvgIpc) is 3.08. The second kappa shape index (κ2) is 8.48. The summed E-state index contributed by atoms with van der Waals surface area (Å²) in [5.74, 6) is 4.91. The van der Waals surface area contributed by atoms with Gasteiger partial charge in [-0.1, -0.05) is 79.4 Å². The quantitative estimate of drug-likeness (QED) is 0.421. The monoisotopic (exact) mass is 428 g/mol. The van der Waals surface area contributed by atoms with Gasteiger partial charge < -0.3 is 5.11 Å². The van der Waals surface area contributed by atoms with Gasteiger partial charge in [-0.15, -0.1) is 0 Å². The molecule has 0 aliphatic heterocycles. The van der Waals surface area contributed by atoms with Gasteiger partial charge >= 0.3 is 0 Å². The summed E-state index contributed by atoms with van der Waals surface area (Å²) in [7, 11) is 0. The molecule has 0 aromatic rings. The van der Waals surface area contributed by atoms with Gasteiger partial charge in [0, 0.05) is 0 Å². The van der Waals surface area contributed by atoms with E-state index in [0.29, 0.717) is 16.7 Å². The zero-order valence-corrected chi connectivity index (χ0v) is 21.8. The van der Waals surface area contributed by atoms with E-state index in [4.69, 9.17) is 0 Å². The molecular weight excluding hydrogens is 376 g/mol. The number of allylic oxidation sites excluding steroid dienone is 2. The summed E-state index contributed by atoms with van der Waals surface area (Å²) in [6, 6.07) is 0. The lowest BCUT2D eigenvalue weighted by molar-refractivity contribution is -0.135. The van der Waals surface area contributed by atoms with E-state index in [1.165, 1.54) is 57.8 Å². The van der Waals surface area contributed by atoms with Crippen molar-refractivity contribution in [3.8, 4) is 0 Å². The summed E-state index contributed by atoms with van der Waals surface area (Å²) in [4.78, 5) is 0. The number of aliphatic hydroxyl groups is 1. The predicted molar refractivity (Wildman–Crippen MR) is 133 cm³/mol. The van der Waals surface area contributed by atoms with Crippen LogP contribution in [0.25, 0.3) is 0 Å². The molecule has 0 aromatic heterocycles. The van der Waals surface area contributed by atoms with Crippen LogP contribution in [0.5, 0.6) is 0 Å². The summed E-state index contributed by atoms with van der Waals surface area (Å²) in [6.45, 7) is 17.3. The maximum absolute atomic E-state index is 10.9. The van der Waals surface area contributed by atoms with Crippen LogP contribution < -0.4 is 0 Å². The highest BCUT2D eigenvalue weighted by Crippen LogP contribution is 2.69. The predicted octanol–water partition coefficient (Wildman–Crippen LogP) is 8.41. The number of hydrogen-bond donors (Lipinski definition) is 1. The summed E-state index contributed by atoms with van der Waals surface area (Å²) < 4.78 is 0. The second-order valence-corrected chi connectivity index (χ2v) is 13.5. The van der Waals surface area contributed by atoms with Crippen LogP contribution in [0.1, 0.15) is 119 Å². The zero-order valence-electron chi connectivity index (χ0n) is 21.8. The van der Waals surface area contributed by atoms with Crippen molar-refractivity contribution >= 4 is 0 Å². The lowest BCUT2D eigenvalue weighted by atomic mass is 9.43. The first kappa shape index (κ1) is 23.8. The van der Waals surface area contributed by atoms with Crippen molar-refractivity contribution in [2.75, 3.05) is 0 Å². The number of hydrogen-bond acceptors (Lipinski definition) is 1. The molecule has 178 valence electrons. The Labute approximate surface area is 193 Å². The molecule has 0 aromatic carbocycles. The van der Waals surface area contributed by atoms with Crippen LogP contribution in [0.15, 0.2) is 11.6 Å². The standard InChI is InChI=1S/C30H52O/c1-8-28(5)26-15-12-22-24-14-13-23(21(4)11-9-10-20(2)3)29(24,6)18-16-25(22)30(26,7)19-17-27(28)31/h12,20-21,23-27,31H,8-11,13-19H2,1-7H3/t21-,23-,24+,25+,26?,27+,28-,29-,30-/m1/s1. The molecule has 4 rings (SSSR count). The van der Waals surface area contributed by atoms with Crippen molar-refractivity contribution in [2.24, 2.45) is 51.8 Å². The van der Waals surface area contributed by atoms with E-state index >= 15 is 0 Å². The summed E-state index contributed by atoms with van der Waals surface area (Å²) in [5, 5.41) is 10.9. The molecule has 0 radical (unpaired) electrons. The first-order valence-electron chi connectivity index (χ1n) is 14.0. The van der Waals surface area contributed by atoms with E-state index in [1.54, 1.807) is 0 Å². The van der Waals surface area contributed by atoms with Crippen LogP contribution in [-0.2, 0) is 0 Å². The van der Waals surface area contributed by atoms with Crippen LogP contribution in [0.2, 0.25) is 0 Å². The summed E-state index contributed by atoms with van der Waals surface area (Å²) >= 11 is 0. The molecule has 0 saturated heterocycles. The molecule has 1 unspecified atom stereocenters. The lowest BCUT2D eigenvalue weighted by Gasteiger charge is -2.62. The Bertz CT molecular complexity index is 678. The molecule has 1 heteroatoms. The Morgan fingerprint density at radius 2 is 1.61 bits per heavy atom. The minimum absolute atomic E-state index is 0.0962. The van der Waals surface area contributed by atoms with Gasteiger partial charge in [-0.2, -0.15) is 0 Å². The maximum Gasteiger partial charge on any atom is 0.0596 e. The first-order valence-corrected chi connectivity index (χ1v) is 14.0. The van der Waals surface area contributed by atoms with Crippen LogP contribution in [0.4, 0.5) is 0 Å². The SMILES string of the molecule is CC[C@]1(C)C2CC=C3[C@@H]4CC[C@H]([C@H](C)CCCC(C)C)[C@@]4(C)CC[C@@H]3[C@@]2(C)CC[C@@H]1O. The highest BCUT2D eigenvalue weighted by molar-refractivity contribution is 5.29. The number of rotatable bonds is 6. The fourth-order valence-electron chi connectivity index (χ4n) is 9.64. The van der Waals surface area contributed by atoms with Crippen molar-refractivity contribution in [2.45, 2.75) is 125 Å². The van der Waals surface area contributed by atoms with Crippen molar-refractivity contribution in [3.63, 3.8) is 0 Å². The van der Waals surface area contributed by atoms with Crippen LogP contribution >= 0.6 is 0 Å². The molecule has 0 heterocycles. The third kappa shape index (κ3) is 3.68. The Morgan fingerprint density at radius 3 is 2.29 bits per heavy atom. The fourth-order valence-corrected chi connectivity index (χ4v) is 9.64. The van der Waals surface area contributed by atoms with Gasteiger partial charge in [0.2, 0.25) is 0 Å². The van der Waals surface area contributed by atoms with E-state index < -0.39 is 0 Å². The Hall–Kier alpha value is -0.300. The number of aliphatic hydroxyl groups excluding tert-OH is 1. The van der Waals surface area contributed by atoms with Crippen LogP contribution in [0.3, 0.4) is 0 Å². The molecule has 9 atom stereocenters. The normalized spacial score (nSPS) is 48.0. The second-order valence-electron chi connectivity index (χ2n) is 13.5. The Balaban J connectivity index is 1.56. The minimum atomic E-state index is -0.109. The molecular formula is C30H52O. The molecule has 1 nitrogen and oxygen atoms in total. The van der Waals surface area contributed by atoms with E-state index in [2.05, 4.69) is 54.5 Å². The molecule has 4 aliphatic carbocycles. The van der Waals surface area contributed by atoms with Gasteiger partial charge in [0.1, 0.15) is 0 Å². The highest BCUT2D eigenvalue weighted by atomic mass is 16.3. The van der Waals surface area contributed by atoms with Crippen molar-refractivity contribution in [1.82, 2.24) is 0 Å². The molecule has 4 aliphatic rings. The molecule has 31 heavy (non-hydrogen) atoms. The van der Waals surface area contributed by atoms with Crippen molar-refractivity contribution in [1.29, 1.82) is 0 Å². The van der Waals surface area contributed by atoms with E-state index in [9.17, 15) is 5.11 Å². The van der Waals surface area contributed by atoms with E-state index in [1.807, 2.05) is 5.57 Å². The molecule has 3 saturated carbocycles. The van der Waals surface area contributed by atoms with E-state index in [-0.39, 0.29) is 11.5 Å².